The van der Waals surface area contributed by atoms with Crippen LogP contribution in [0.25, 0.3) is 0 Å². The number of amides is 1. The molecule has 0 aliphatic carbocycles. The van der Waals surface area contributed by atoms with Crippen LogP contribution in [0.2, 0.25) is 5.02 Å². The lowest BCUT2D eigenvalue weighted by atomic mass is 10.3. The third-order valence-electron chi connectivity index (χ3n) is 2.81. The highest BCUT2D eigenvalue weighted by Crippen LogP contribution is 2.23. The van der Waals surface area contributed by atoms with Gasteiger partial charge >= 0.3 is 5.97 Å². The van der Waals surface area contributed by atoms with Gasteiger partial charge in [-0.05, 0) is 36.4 Å². The second-order valence-electron chi connectivity index (χ2n) is 4.71. The Kier molecular flexibility index (Phi) is 6.00. The molecule has 23 heavy (non-hydrogen) atoms. The van der Waals surface area contributed by atoms with Gasteiger partial charge in [0.1, 0.15) is 11.5 Å². The fourth-order valence-electron chi connectivity index (χ4n) is 1.80. The zero-order valence-electron chi connectivity index (χ0n) is 12.5. The fourth-order valence-corrected chi connectivity index (χ4v) is 1.99. The first-order valence-corrected chi connectivity index (χ1v) is 7.38. The Morgan fingerprint density at radius 2 is 1.78 bits per heavy atom. The summed E-state index contributed by atoms with van der Waals surface area (Å²) in [6.07, 6.45) is 0.0959. The van der Waals surface area contributed by atoms with Gasteiger partial charge in [0.05, 0.1) is 18.1 Å². The molecule has 1 N–H and O–H groups in total. The van der Waals surface area contributed by atoms with Gasteiger partial charge in [0.25, 0.3) is 0 Å². The Balaban J connectivity index is 1.78. The number of halogens is 1. The molecular formula is C17H16ClNO4. The number of rotatable bonds is 6. The molecule has 120 valence electrons. The molecule has 0 saturated carbocycles. The van der Waals surface area contributed by atoms with Crippen LogP contribution in [0.1, 0.15) is 13.3 Å². The summed E-state index contributed by atoms with van der Waals surface area (Å²) in [5.41, 5.74) is 0.638. The van der Waals surface area contributed by atoms with Crippen LogP contribution in [0.15, 0.2) is 48.5 Å². The van der Waals surface area contributed by atoms with E-state index in [-0.39, 0.29) is 18.9 Å². The minimum absolute atomic E-state index is 0.0959. The topological polar surface area (TPSA) is 64.6 Å². The number of nitrogens with one attached hydrogen (secondary N) is 1. The van der Waals surface area contributed by atoms with E-state index in [1.54, 1.807) is 48.5 Å². The molecule has 2 aromatic carbocycles. The smallest absolute Gasteiger partial charge is 0.314 e. The van der Waals surface area contributed by atoms with Gasteiger partial charge in [-0.25, -0.2) is 0 Å². The number of hydrogen-bond acceptors (Lipinski definition) is 4. The highest BCUT2D eigenvalue weighted by molar-refractivity contribution is 6.32. The molecule has 0 atom stereocenters. The molecule has 0 bridgehead atoms. The molecule has 0 unspecified atom stereocenters. The van der Waals surface area contributed by atoms with E-state index in [0.717, 1.165) is 0 Å². The Morgan fingerprint density at radius 3 is 2.43 bits per heavy atom. The van der Waals surface area contributed by atoms with Crippen LogP contribution in [0, 0.1) is 0 Å². The van der Waals surface area contributed by atoms with Crippen molar-refractivity contribution in [3.05, 3.63) is 53.6 Å². The van der Waals surface area contributed by atoms with Crippen molar-refractivity contribution in [3.63, 3.8) is 0 Å². The van der Waals surface area contributed by atoms with Crippen molar-refractivity contribution >= 4 is 29.2 Å². The van der Waals surface area contributed by atoms with Crippen molar-refractivity contribution in [1.82, 2.24) is 0 Å². The second-order valence-corrected chi connectivity index (χ2v) is 5.12. The van der Waals surface area contributed by atoms with Crippen LogP contribution >= 0.6 is 11.6 Å². The molecule has 0 heterocycles. The molecule has 5 nitrogen and oxygen atoms in total. The van der Waals surface area contributed by atoms with E-state index in [1.165, 1.54) is 6.92 Å². The first-order chi connectivity index (χ1) is 11.0. The van der Waals surface area contributed by atoms with Crippen molar-refractivity contribution in [3.8, 4) is 11.5 Å². The summed E-state index contributed by atoms with van der Waals surface area (Å²) in [4.78, 5) is 22.7. The summed E-state index contributed by atoms with van der Waals surface area (Å²) in [6, 6.07) is 13.6. The van der Waals surface area contributed by atoms with Crippen molar-refractivity contribution in [2.45, 2.75) is 13.3 Å². The molecule has 1 amide bonds. The van der Waals surface area contributed by atoms with Crippen LogP contribution in [0.5, 0.6) is 11.5 Å². The fraction of sp³-hybridized carbons (Fsp3) is 0.176. The third-order valence-corrected chi connectivity index (χ3v) is 3.12. The molecule has 2 aromatic rings. The molecule has 2 rings (SSSR count). The van der Waals surface area contributed by atoms with Gasteiger partial charge in [0, 0.05) is 12.6 Å². The second kappa shape index (κ2) is 8.19. The van der Waals surface area contributed by atoms with E-state index >= 15 is 0 Å². The standard InChI is InChI=1S/C17H16ClNO4/c1-12(20)19-13-6-8-14(9-7-13)23-17(21)10-11-22-16-5-3-2-4-15(16)18/h2-9H,10-11H2,1H3,(H,19,20). The Labute approximate surface area is 139 Å². The molecule has 0 fully saturated rings. The quantitative estimate of drug-likeness (QED) is 0.647. The van der Waals surface area contributed by atoms with Crippen molar-refractivity contribution in [2.75, 3.05) is 11.9 Å². The first kappa shape index (κ1) is 16.8. The molecule has 0 aliphatic heterocycles. The van der Waals surface area contributed by atoms with Gasteiger partial charge in [0.15, 0.2) is 0 Å². The van der Waals surface area contributed by atoms with Gasteiger partial charge in [-0.15, -0.1) is 0 Å². The largest absolute Gasteiger partial charge is 0.491 e. The minimum atomic E-state index is -0.413. The number of carbonyl (C=O) groups excluding carboxylic acids is 2. The zero-order chi connectivity index (χ0) is 16.7. The molecular weight excluding hydrogens is 318 g/mol. The number of anilines is 1. The van der Waals surface area contributed by atoms with E-state index in [9.17, 15) is 9.59 Å². The van der Waals surface area contributed by atoms with E-state index in [0.29, 0.717) is 22.2 Å². The highest BCUT2D eigenvalue weighted by atomic mass is 35.5. The Bertz CT molecular complexity index is 685. The SMILES string of the molecule is CC(=O)Nc1ccc(OC(=O)CCOc2ccccc2Cl)cc1. The first-order valence-electron chi connectivity index (χ1n) is 7.00. The lowest BCUT2D eigenvalue weighted by Crippen LogP contribution is -2.12. The Hall–Kier alpha value is -2.53. The molecule has 0 radical (unpaired) electrons. The zero-order valence-corrected chi connectivity index (χ0v) is 13.3. The Morgan fingerprint density at radius 1 is 1.09 bits per heavy atom. The number of esters is 1. The van der Waals surface area contributed by atoms with Crippen molar-refractivity contribution in [2.24, 2.45) is 0 Å². The van der Waals surface area contributed by atoms with Crippen LogP contribution in [-0.4, -0.2) is 18.5 Å². The predicted molar refractivity (Wildman–Crippen MR) is 87.9 cm³/mol. The number of ether oxygens (including phenoxy) is 2. The van der Waals surface area contributed by atoms with Crippen LogP contribution < -0.4 is 14.8 Å². The van der Waals surface area contributed by atoms with E-state index in [4.69, 9.17) is 21.1 Å². The maximum absolute atomic E-state index is 11.7. The maximum Gasteiger partial charge on any atom is 0.314 e. The highest BCUT2D eigenvalue weighted by Gasteiger charge is 2.07. The summed E-state index contributed by atoms with van der Waals surface area (Å²) >= 11 is 5.95. The van der Waals surface area contributed by atoms with Gasteiger partial charge in [-0.3, -0.25) is 9.59 Å². The summed E-state index contributed by atoms with van der Waals surface area (Å²) in [7, 11) is 0. The molecule has 6 heteroatoms. The van der Waals surface area contributed by atoms with Crippen LogP contribution in [0.3, 0.4) is 0 Å². The lowest BCUT2D eigenvalue weighted by molar-refractivity contribution is -0.134. The number of hydrogen-bond donors (Lipinski definition) is 1. The number of carbonyl (C=O) groups is 2. The van der Waals surface area contributed by atoms with Gasteiger partial charge in [0.2, 0.25) is 5.91 Å². The van der Waals surface area contributed by atoms with E-state index in [2.05, 4.69) is 5.32 Å². The molecule has 0 spiro atoms. The van der Waals surface area contributed by atoms with Crippen LogP contribution in [0.4, 0.5) is 5.69 Å². The van der Waals surface area contributed by atoms with E-state index < -0.39 is 5.97 Å². The van der Waals surface area contributed by atoms with E-state index in [1.807, 2.05) is 0 Å². The average molecular weight is 334 g/mol. The van der Waals surface area contributed by atoms with Crippen molar-refractivity contribution < 1.29 is 19.1 Å². The van der Waals surface area contributed by atoms with Crippen molar-refractivity contribution in [1.29, 1.82) is 0 Å². The lowest BCUT2D eigenvalue weighted by Gasteiger charge is -2.08. The summed E-state index contributed by atoms with van der Waals surface area (Å²) in [5.74, 6) is 0.360. The molecule has 0 aliphatic rings. The van der Waals surface area contributed by atoms with Gasteiger partial charge in [-0.2, -0.15) is 0 Å². The van der Waals surface area contributed by atoms with Gasteiger partial charge in [-0.1, -0.05) is 23.7 Å². The summed E-state index contributed by atoms with van der Waals surface area (Å²) in [6.45, 7) is 1.60. The molecule has 0 saturated heterocycles. The third kappa shape index (κ3) is 5.64. The van der Waals surface area contributed by atoms with Gasteiger partial charge < -0.3 is 14.8 Å². The summed E-state index contributed by atoms with van der Waals surface area (Å²) < 4.78 is 10.6. The minimum Gasteiger partial charge on any atom is -0.491 e. The number of benzene rings is 2. The van der Waals surface area contributed by atoms with Crippen LogP contribution in [-0.2, 0) is 9.59 Å². The monoisotopic (exact) mass is 333 g/mol. The maximum atomic E-state index is 11.7. The average Bonchev–Trinajstić information content (AvgIpc) is 2.51. The summed E-state index contributed by atoms with van der Waals surface area (Å²) in [5, 5.41) is 3.13. The number of para-hydroxylation sites is 1. The predicted octanol–water partition coefficient (Wildman–Crippen LogP) is 3.67. The normalized spacial score (nSPS) is 10.0. The molecule has 0 aromatic heterocycles.